The van der Waals surface area contributed by atoms with Crippen molar-refractivity contribution in [1.29, 1.82) is 0 Å². The largest absolute Gasteiger partial charge is 0.479 e. The van der Waals surface area contributed by atoms with Crippen LogP contribution in [0.25, 0.3) is 11.1 Å². The van der Waals surface area contributed by atoms with Crippen molar-refractivity contribution >= 4 is 18.0 Å². The quantitative estimate of drug-likeness (QED) is 0.390. The number of aliphatic carboxylic acids is 1. The number of nitrogens with one attached hydrogen (secondary N) is 1. The second-order valence-electron chi connectivity index (χ2n) is 10.2. The van der Waals surface area contributed by atoms with Crippen LogP contribution in [-0.2, 0) is 20.9 Å². The summed E-state index contributed by atoms with van der Waals surface area (Å²) in [6.07, 6.45) is -0.739. The topological polar surface area (TPSA) is 119 Å². The predicted octanol–water partition coefficient (Wildman–Crippen LogP) is 2.68. The molecule has 0 spiro atoms. The van der Waals surface area contributed by atoms with Gasteiger partial charge >= 0.3 is 12.1 Å². The van der Waals surface area contributed by atoms with Gasteiger partial charge in [0.2, 0.25) is 5.91 Å². The maximum absolute atomic E-state index is 13.3. The first-order valence-electron chi connectivity index (χ1n) is 12.8. The number of aliphatic hydroxyl groups is 1. The number of rotatable bonds is 9. The summed E-state index contributed by atoms with van der Waals surface area (Å²) in [5.41, 5.74) is 3.45. The van der Waals surface area contributed by atoms with Gasteiger partial charge in [-0.1, -0.05) is 78.9 Å². The fraction of sp³-hybridized carbons (Fsp3) is 0.300. The van der Waals surface area contributed by atoms with Crippen LogP contribution in [0.3, 0.4) is 0 Å². The number of likely N-dealkylation sites (N-methyl/N-ethyl adjacent to an activating group) is 1. The molecule has 1 heterocycles. The number of ether oxygens (including phenoxy) is 1. The number of carbonyl (C=O) groups excluding carboxylic acids is 2. The Hall–Kier alpha value is -4.21. The van der Waals surface area contributed by atoms with E-state index < -0.39 is 29.6 Å². The van der Waals surface area contributed by atoms with Gasteiger partial charge < -0.3 is 25.2 Å². The highest BCUT2D eigenvalue weighted by atomic mass is 16.5. The Morgan fingerprint density at radius 2 is 1.54 bits per heavy atom. The van der Waals surface area contributed by atoms with Gasteiger partial charge in [-0.25, -0.2) is 9.59 Å². The van der Waals surface area contributed by atoms with Gasteiger partial charge in [0, 0.05) is 19.0 Å². The van der Waals surface area contributed by atoms with Crippen LogP contribution in [-0.4, -0.2) is 82.9 Å². The lowest BCUT2D eigenvalue weighted by molar-refractivity contribution is -0.182. The third-order valence-corrected chi connectivity index (χ3v) is 7.34. The lowest BCUT2D eigenvalue weighted by Gasteiger charge is -2.44. The molecule has 1 aliphatic carbocycles. The van der Waals surface area contributed by atoms with Crippen molar-refractivity contribution in [2.75, 3.05) is 33.3 Å². The highest BCUT2D eigenvalue weighted by Gasteiger charge is 2.51. The van der Waals surface area contributed by atoms with E-state index in [0.29, 0.717) is 6.54 Å². The predicted molar refractivity (Wildman–Crippen MR) is 144 cm³/mol. The summed E-state index contributed by atoms with van der Waals surface area (Å²) in [6.45, 7) is 0.123. The van der Waals surface area contributed by atoms with Crippen LogP contribution in [0.1, 0.15) is 22.6 Å². The van der Waals surface area contributed by atoms with Gasteiger partial charge in [-0.2, -0.15) is 0 Å². The van der Waals surface area contributed by atoms with Crippen LogP contribution in [0.4, 0.5) is 4.79 Å². The molecule has 1 saturated heterocycles. The third kappa shape index (κ3) is 5.50. The molecular formula is C30H31N3O6. The molecule has 2 amide bonds. The number of hydrogen-bond donors (Lipinski definition) is 3. The summed E-state index contributed by atoms with van der Waals surface area (Å²) in [5, 5.41) is 22.0. The third-order valence-electron chi connectivity index (χ3n) is 7.34. The highest BCUT2D eigenvalue weighted by molar-refractivity contribution is 5.90. The van der Waals surface area contributed by atoms with E-state index in [1.165, 1.54) is 4.90 Å². The van der Waals surface area contributed by atoms with Crippen LogP contribution >= 0.6 is 0 Å². The molecule has 1 aliphatic heterocycles. The van der Waals surface area contributed by atoms with E-state index in [2.05, 4.69) is 17.4 Å². The Morgan fingerprint density at radius 3 is 2.13 bits per heavy atom. The average molecular weight is 530 g/mol. The maximum atomic E-state index is 13.3. The number of alkyl carbamates (subject to hydrolysis) is 1. The zero-order valence-corrected chi connectivity index (χ0v) is 21.6. The molecule has 0 aromatic heterocycles. The van der Waals surface area contributed by atoms with E-state index in [0.717, 1.165) is 27.8 Å². The van der Waals surface area contributed by atoms with Crippen molar-refractivity contribution < 1.29 is 29.3 Å². The molecule has 5 rings (SSSR count). The zero-order valence-electron chi connectivity index (χ0n) is 21.6. The minimum atomic E-state index is -1.97. The molecular weight excluding hydrogens is 498 g/mol. The fourth-order valence-corrected chi connectivity index (χ4v) is 5.34. The zero-order chi connectivity index (χ0) is 27.6. The SMILES string of the molecule is CN(Cc1ccccc1)CC(NC(=O)OCC1c2ccccc2-c2ccccc21)C(=O)N1CC(O)(C(=O)O)C1. The van der Waals surface area contributed by atoms with Crippen LogP contribution in [0.15, 0.2) is 78.9 Å². The van der Waals surface area contributed by atoms with E-state index >= 15 is 0 Å². The molecule has 3 aromatic rings. The smallest absolute Gasteiger partial charge is 0.407 e. The summed E-state index contributed by atoms with van der Waals surface area (Å²) in [5.74, 6) is -1.98. The van der Waals surface area contributed by atoms with Gasteiger partial charge in [0.25, 0.3) is 0 Å². The molecule has 3 aromatic carbocycles. The van der Waals surface area contributed by atoms with Crippen molar-refractivity contribution in [2.45, 2.75) is 24.1 Å². The molecule has 9 heteroatoms. The lowest BCUT2D eigenvalue weighted by atomic mass is 9.93. The van der Waals surface area contributed by atoms with Crippen molar-refractivity contribution in [1.82, 2.24) is 15.1 Å². The Bertz CT molecular complexity index is 1330. The number of amides is 2. The molecule has 2 aliphatic rings. The van der Waals surface area contributed by atoms with Gasteiger partial charge in [0.05, 0.1) is 13.1 Å². The first-order valence-corrected chi connectivity index (χ1v) is 12.8. The minimum Gasteiger partial charge on any atom is -0.479 e. The summed E-state index contributed by atoms with van der Waals surface area (Å²) in [6, 6.07) is 24.7. The van der Waals surface area contributed by atoms with Crippen LogP contribution < -0.4 is 5.32 Å². The fourth-order valence-electron chi connectivity index (χ4n) is 5.34. The van der Waals surface area contributed by atoms with Crippen molar-refractivity contribution in [3.63, 3.8) is 0 Å². The summed E-state index contributed by atoms with van der Waals surface area (Å²) < 4.78 is 5.65. The Morgan fingerprint density at radius 1 is 0.974 bits per heavy atom. The second-order valence-corrected chi connectivity index (χ2v) is 10.2. The van der Waals surface area contributed by atoms with Gasteiger partial charge in [-0.15, -0.1) is 0 Å². The molecule has 9 nitrogen and oxygen atoms in total. The van der Waals surface area contributed by atoms with E-state index in [9.17, 15) is 24.6 Å². The van der Waals surface area contributed by atoms with Crippen LogP contribution in [0.2, 0.25) is 0 Å². The average Bonchev–Trinajstić information content (AvgIpc) is 3.23. The summed E-state index contributed by atoms with van der Waals surface area (Å²) in [7, 11) is 1.83. The molecule has 0 bridgehead atoms. The van der Waals surface area contributed by atoms with Gasteiger partial charge in [-0.05, 0) is 34.9 Å². The van der Waals surface area contributed by atoms with E-state index in [4.69, 9.17) is 4.74 Å². The standard InChI is InChI=1S/C30H31N3O6/c1-32(15-20-9-3-2-4-10-20)16-26(27(34)33-18-30(38,19-33)28(35)36)31-29(37)39-17-25-23-13-7-5-11-21(23)22-12-6-8-14-24(22)25/h2-14,25-26,38H,15-19H2,1H3,(H,31,37)(H,35,36). The van der Waals surface area contributed by atoms with Crippen LogP contribution in [0, 0.1) is 0 Å². The number of β-amino-alcohol motifs (C(OH)–C–C–N with tert-alkyl or cyclic N) is 1. The highest BCUT2D eigenvalue weighted by Crippen LogP contribution is 2.44. The Balaban J connectivity index is 1.26. The lowest BCUT2D eigenvalue weighted by Crippen LogP contribution is -2.70. The maximum Gasteiger partial charge on any atom is 0.407 e. The van der Waals surface area contributed by atoms with Crippen molar-refractivity contribution in [2.24, 2.45) is 0 Å². The Kier molecular flexibility index (Phi) is 7.36. The van der Waals surface area contributed by atoms with E-state index in [1.54, 1.807) is 0 Å². The number of fused-ring (bicyclic) bond motifs is 3. The minimum absolute atomic E-state index is 0.100. The first-order chi connectivity index (χ1) is 18.7. The molecule has 3 N–H and O–H groups in total. The molecule has 0 radical (unpaired) electrons. The van der Waals surface area contributed by atoms with E-state index in [1.807, 2.05) is 78.7 Å². The number of carboxylic acids is 1. The normalized spacial score (nSPS) is 16.1. The van der Waals surface area contributed by atoms with Gasteiger partial charge in [0.1, 0.15) is 12.6 Å². The number of benzene rings is 3. The van der Waals surface area contributed by atoms with E-state index in [-0.39, 0.29) is 32.2 Å². The Labute approximate surface area is 226 Å². The van der Waals surface area contributed by atoms with Gasteiger partial charge in [-0.3, -0.25) is 9.69 Å². The monoisotopic (exact) mass is 529 g/mol. The molecule has 1 atom stereocenters. The van der Waals surface area contributed by atoms with Crippen molar-refractivity contribution in [3.05, 3.63) is 95.6 Å². The van der Waals surface area contributed by atoms with Crippen molar-refractivity contribution in [3.8, 4) is 11.1 Å². The molecule has 1 fully saturated rings. The molecule has 0 saturated carbocycles. The number of nitrogens with zero attached hydrogens (tertiary/aromatic N) is 2. The second kappa shape index (κ2) is 10.9. The number of likely N-dealkylation sites (tertiary alicyclic amines) is 1. The number of carbonyl (C=O) groups is 3. The summed E-state index contributed by atoms with van der Waals surface area (Å²) >= 11 is 0. The number of carboxylic acid groups (broad SMARTS) is 1. The van der Waals surface area contributed by atoms with Gasteiger partial charge in [0.15, 0.2) is 5.60 Å². The molecule has 1 unspecified atom stereocenters. The first kappa shape index (κ1) is 26.4. The number of hydrogen-bond acceptors (Lipinski definition) is 6. The summed E-state index contributed by atoms with van der Waals surface area (Å²) in [4.78, 5) is 40.7. The molecule has 39 heavy (non-hydrogen) atoms. The van der Waals surface area contributed by atoms with Crippen LogP contribution in [0.5, 0.6) is 0 Å². The molecule has 202 valence electrons.